The highest BCUT2D eigenvalue weighted by Gasteiger charge is 2.20. The van der Waals surface area contributed by atoms with Crippen molar-refractivity contribution in [1.82, 2.24) is 9.88 Å². The van der Waals surface area contributed by atoms with Crippen LogP contribution in [0.1, 0.15) is 29.7 Å². The van der Waals surface area contributed by atoms with Gasteiger partial charge in [0.2, 0.25) is 0 Å². The van der Waals surface area contributed by atoms with Crippen LogP contribution >= 0.6 is 0 Å². The highest BCUT2D eigenvalue weighted by atomic mass is 15.1. The van der Waals surface area contributed by atoms with Crippen LogP contribution in [0, 0.1) is 7.05 Å². The third-order valence-electron chi connectivity index (χ3n) is 3.98. The number of nitrogens with zero attached hydrogens (tertiary/aromatic N) is 2. The van der Waals surface area contributed by atoms with Crippen LogP contribution in [0.4, 0.5) is 0 Å². The van der Waals surface area contributed by atoms with E-state index in [4.69, 9.17) is 0 Å². The molecule has 0 aliphatic carbocycles. The molecule has 3 heterocycles. The van der Waals surface area contributed by atoms with Gasteiger partial charge in [-0.1, -0.05) is 0 Å². The molecule has 1 atom stereocenters. The molecule has 0 saturated carbocycles. The number of nitrogens with one attached hydrogen (secondary N) is 1. The molecular formula is C14H21N3. The molecule has 0 bridgehead atoms. The monoisotopic (exact) mass is 231 g/mol. The molecule has 3 rings (SSSR count). The first-order chi connectivity index (χ1) is 8.33. The summed E-state index contributed by atoms with van der Waals surface area (Å²) in [4.78, 5) is 8.51. The van der Waals surface area contributed by atoms with Crippen LogP contribution in [0.2, 0.25) is 0 Å². The van der Waals surface area contributed by atoms with Crippen molar-refractivity contribution in [3.63, 3.8) is 0 Å². The third-order valence-corrected chi connectivity index (χ3v) is 3.98. The Morgan fingerprint density at radius 3 is 3.00 bits per heavy atom. The second-order valence-electron chi connectivity index (χ2n) is 5.31. The van der Waals surface area contributed by atoms with Gasteiger partial charge in [-0.25, -0.2) is 0 Å². The minimum absolute atomic E-state index is 1.05. The van der Waals surface area contributed by atoms with E-state index in [-0.39, 0.29) is 0 Å². The first-order valence-corrected chi connectivity index (χ1v) is 6.67. The van der Waals surface area contributed by atoms with Crippen molar-refractivity contribution in [1.29, 1.82) is 0 Å². The highest BCUT2D eigenvalue weighted by molar-refractivity contribution is 5.30. The van der Waals surface area contributed by atoms with Crippen molar-refractivity contribution < 1.29 is 4.90 Å². The maximum absolute atomic E-state index is 4.61. The van der Waals surface area contributed by atoms with E-state index >= 15 is 0 Å². The largest absolute Gasteiger partial charge is 0.464 e. The van der Waals surface area contributed by atoms with E-state index in [1.54, 1.807) is 0 Å². The van der Waals surface area contributed by atoms with Gasteiger partial charge in [-0.15, -0.1) is 0 Å². The first kappa shape index (κ1) is 11.2. The van der Waals surface area contributed by atoms with Crippen molar-refractivity contribution in [2.75, 3.05) is 19.6 Å². The topological polar surface area (TPSA) is 20.6 Å². The fraction of sp³-hybridized carbons (Fsp3) is 0.571. The Bertz CT molecular complexity index is 396. The standard InChI is InChI=1S/C14H21N3/c1-16-9-5-13-12(10-16)4-6-15-14(13)11-17-7-2-3-8-17/h4,6,16H,1-3,5,7-11H2. The molecule has 92 valence electrons. The molecule has 1 aromatic heterocycles. The van der Waals surface area contributed by atoms with E-state index in [9.17, 15) is 0 Å². The maximum atomic E-state index is 4.61. The van der Waals surface area contributed by atoms with E-state index in [0.29, 0.717) is 0 Å². The van der Waals surface area contributed by atoms with E-state index in [2.05, 4.69) is 23.0 Å². The number of likely N-dealkylation sites (tertiary alicyclic amines) is 1. The Morgan fingerprint density at radius 2 is 2.18 bits per heavy atom. The highest BCUT2D eigenvalue weighted by Crippen LogP contribution is 2.18. The van der Waals surface area contributed by atoms with Gasteiger partial charge in [0.15, 0.2) is 0 Å². The smallest absolute Gasteiger partial charge is 0.0791 e. The fourth-order valence-corrected chi connectivity index (χ4v) is 3.00. The van der Waals surface area contributed by atoms with Crippen LogP contribution in [-0.4, -0.2) is 29.5 Å². The lowest BCUT2D eigenvalue weighted by Crippen LogP contribution is -3.06. The van der Waals surface area contributed by atoms with Crippen molar-refractivity contribution in [3.8, 4) is 0 Å². The summed E-state index contributed by atoms with van der Waals surface area (Å²) in [6.07, 6.45) is 5.83. The van der Waals surface area contributed by atoms with Gasteiger partial charge < -0.3 is 4.90 Å². The van der Waals surface area contributed by atoms with Crippen molar-refractivity contribution in [3.05, 3.63) is 36.1 Å². The number of fused-ring (bicyclic) bond motifs is 1. The maximum Gasteiger partial charge on any atom is 0.0791 e. The minimum atomic E-state index is 1.05. The Morgan fingerprint density at radius 1 is 1.35 bits per heavy atom. The van der Waals surface area contributed by atoms with Gasteiger partial charge in [0.25, 0.3) is 0 Å². The quantitative estimate of drug-likeness (QED) is 0.744. The molecule has 0 radical (unpaired) electrons. The van der Waals surface area contributed by atoms with E-state index in [0.717, 1.165) is 26.1 Å². The molecule has 1 aromatic rings. The predicted molar refractivity (Wildman–Crippen MR) is 67.3 cm³/mol. The molecule has 0 aromatic carbocycles. The minimum Gasteiger partial charge on any atom is -0.464 e. The second-order valence-corrected chi connectivity index (χ2v) is 5.31. The van der Waals surface area contributed by atoms with Gasteiger partial charge in [-0.3, -0.25) is 9.88 Å². The van der Waals surface area contributed by atoms with Crippen molar-refractivity contribution >= 4 is 0 Å². The molecule has 0 spiro atoms. The SMILES string of the molecule is [CH2-][NH+]1CCc2c(ccnc2CN2CCCC2)C1. The number of quaternary nitrogens is 1. The molecule has 1 unspecified atom stereocenters. The first-order valence-electron chi connectivity index (χ1n) is 6.67. The van der Waals surface area contributed by atoms with Crippen LogP contribution in [0.3, 0.4) is 0 Å². The molecule has 3 nitrogen and oxygen atoms in total. The summed E-state index contributed by atoms with van der Waals surface area (Å²) >= 11 is 0. The fourth-order valence-electron chi connectivity index (χ4n) is 3.00. The number of aromatic nitrogens is 1. The zero-order valence-corrected chi connectivity index (χ0v) is 10.4. The zero-order valence-electron chi connectivity index (χ0n) is 10.4. The second kappa shape index (κ2) is 4.75. The van der Waals surface area contributed by atoms with Crippen LogP contribution in [0.15, 0.2) is 12.3 Å². The van der Waals surface area contributed by atoms with Gasteiger partial charge in [0.1, 0.15) is 0 Å². The zero-order chi connectivity index (χ0) is 11.7. The van der Waals surface area contributed by atoms with Gasteiger partial charge in [-0.05, 0) is 37.6 Å². The molecular weight excluding hydrogens is 210 g/mol. The third kappa shape index (κ3) is 2.35. The average Bonchev–Trinajstić information content (AvgIpc) is 2.82. The summed E-state index contributed by atoms with van der Waals surface area (Å²) in [5.74, 6) is 0. The Balaban J connectivity index is 1.82. The van der Waals surface area contributed by atoms with Crippen LogP contribution < -0.4 is 4.90 Å². The Hall–Kier alpha value is -0.930. The van der Waals surface area contributed by atoms with E-state index in [1.807, 2.05) is 6.20 Å². The molecule has 17 heavy (non-hydrogen) atoms. The Labute approximate surface area is 103 Å². The van der Waals surface area contributed by atoms with Crippen LogP contribution in [0.5, 0.6) is 0 Å². The molecule has 1 N–H and O–H groups in total. The molecule has 1 saturated heterocycles. The average molecular weight is 231 g/mol. The Kier molecular flexibility index (Phi) is 3.12. The number of pyridine rings is 1. The van der Waals surface area contributed by atoms with Gasteiger partial charge in [-0.2, -0.15) is 7.05 Å². The molecule has 2 aliphatic heterocycles. The summed E-state index contributed by atoms with van der Waals surface area (Å²) in [5, 5.41) is 0. The van der Waals surface area contributed by atoms with Crippen LogP contribution in [0.25, 0.3) is 0 Å². The summed E-state index contributed by atoms with van der Waals surface area (Å²) in [6.45, 7) is 5.75. The summed E-state index contributed by atoms with van der Waals surface area (Å²) < 4.78 is 0. The lowest BCUT2D eigenvalue weighted by Gasteiger charge is -2.29. The molecule has 2 aliphatic rings. The normalized spacial score (nSPS) is 24.9. The number of rotatable bonds is 2. The van der Waals surface area contributed by atoms with Crippen LogP contribution in [-0.2, 0) is 19.5 Å². The van der Waals surface area contributed by atoms with E-state index < -0.39 is 0 Å². The van der Waals surface area contributed by atoms with Gasteiger partial charge >= 0.3 is 0 Å². The predicted octanol–water partition coefficient (Wildman–Crippen LogP) is 0.410. The lowest BCUT2D eigenvalue weighted by molar-refractivity contribution is -0.870. The summed E-state index contributed by atoms with van der Waals surface area (Å²) in [5.41, 5.74) is 4.29. The lowest BCUT2D eigenvalue weighted by atomic mass is 9.99. The van der Waals surface area contributed by atoms with Crippen molar-refractivity contribution in [2.24, 2.45) is 0 Å². The molecule has 0 amide bonds. The summed E-state index contributed by atoms with van der Waals surface area (Å²) in [7, 11) is 4.12. The number of hydrogen-bond donors (Lipinski definition) is 1. The van der Waals surface area contributed by atoms with Gasteiger partial charge in [0, 0.05) is 24.7 Å². The van der Waals surface area contributed by atoms with E-state index in [1.165, 1.54) is 47.7 Å². The molecule has 3 heteroatoms. The number of hydrogen-bond acceptors (Lipinski definition) is 2. The van der Waals surface area contributed by atoms with Gasteiger partial charge in [0.05, 0.1) is 18.8 Å². The summed E-state index contributed by atoms with van der Waals surface area (Å²) in [6, 6.07) is 2.17. The molecule has 1 fully saturated rings. The van der Waals surface area contributed by atoms with Crippen molar-refractivity contribution in [2.45, 2.75) is 32.4 Å².